The van der Waals surface area contributed by atoms with Crippen LogP contribution in [0.5, 0.6) is 5.75 Å². The maximum Gasteiger partial charge on any atom is 0.387 e. The van der Waals surface area contributed by atoms with Crippen LogP contribution >= 0.6 is 11.8 Å². The van der Waals surface area contributed by atoms with E-state index in [1.54, 1.807) is 4.90 Å². The van der Waals surface area contributed by atoms with Gasteiger partial charge < -0.3 is 25.6 Å². The molecule has 3 N–H and O–H groups in total. The molecule has 0 radical (unpaired) electrons. The number of carbonyl (C=O) groups is 2. The smallest absolute Gasteiger partial charge is 0.387 e. The van der Waals surface area contributed by atoms with Crippen LogP contribution in [0.4, 0.5) is 20.2 Å². The molecule has 1 fully saturated rings. The van der Waals surface area contributed by atoms with E-state index in [1.165, 1.54) is 24.3 Å². The number of nitrogens with two attached hydrogens (primary N) is 1. The van der Waals surface area contributed by atoms with Crippen LogP contribution in [0.15, 0.2) is 58.7 Å². The van der Waals surface area contributed by atoms with Gasteiger partial charge in [0.1, 0.15) is 16.0 Å². The van der Waals surface area contributed by atoms with Crippen molar-refractivity contribution in [2.45, 2.75) is 25.7 Å². The summed E-state index contributed by atoms with van der Waals surface area (Å²) in [4.78, 5) is 35.5. The van der Waals surface area contributed by atoms with Gasteiger partial charge in [-0.3, -0.25) is 9.59 Å². The topological polar surface area (TPSA) is 100 Å². The number of anilines is 1. The standard InChI is InChI=1S/C26H29F2N5O3S/c1-15-5-4-6-16(2)21(15)31-24-19(25(35)33-13-11-32(3)12-14-33)20(29)22(37-24)23(34)30-17-7-9-18(10-8-17)36-26(27)28/h4-10,22,26H,11-14,29H2,1-3H3,(H,30,34)/t22-/m0/s1. The number of rotatable bonds is 6. The fourth-order valence-corrected chi connectivity index (χ4v) is 5.26. The lowest BCUT2D eigenvalue weighted by Crippen LogP contribution is -2.48. The van der Waals surface area contributed by atoms with Gasteiger partial charge in [0.25, 0.3) is 5.91 Å². The van der Waals surface area contributed by atoms with Crippen molar-refractivity contribution in [1.82, 2.24) is 9.80 Å². The van der Waals surface area contributed by atoms with Crippen LogP contribution in [0.25, 0.3) is 0 Å². The van der Waals surface area contributed by atoms with Crippen LogP contribution in [0.2, 0.25) is 0 Å². The van der Waals surface area contributed by atoms with E-state index < -0.39 is 17.8 Å². The summed E-state index contributed by atoms with van der Waals surface area (Å²) in [5, 5.41) is 2.26. The van der Waals surface area contributed by atoms with Crippen molar-refractivity contribution < 1.29 is 23.1 Å². The van der Waals surface area contributed by atoms with Crippen molar-refractivity contribution >= 4 is 40.0 Å². The second-order valence-corrected chi connectivity index (χ2v) is 10.1. The monoisotopic (exact) mass is 529 g/mol. The number of alkyl halides is 2. The molecule has 0 saturated carbocycles. The summed E-state index contributed by atoms with van der Waals surface area (Å²) in [5.41, 5.74) is 9.86. The molecule has 0 aliphatic carbocycles. The molecule has 2 heterocycles. The maximum absolute atomic E-state index is 13.6. The second kappa shape index (κ2) is 11.3. The number of nitrogens with one attached hydrogen (secondary N) is 1. The third-order valence-electron chi connectivity index (χ3n) is 6.26. The first-order valence-electron chi connectivity index (χ1n) is 11.8. The number of ether oxygens (including phenoxy) is 1. The number of piperazine rings is 1. The molecule has 11 heteroatoms. The van der Waals surface area contributed by atoms with Crippen molar-refractivity contribution in [3.05, 3.63) is 64.9 Å². The molecular formula is C26H29F2N5O3S. The van der Waals surface area contributed by atoms with Gasteiger partial charge in [0.15, 0.2) is 0 Å². The van der Waals surface area contributed by atoms with Crippen LogP contribution in [0.1, 0.15) is 11.1 Å². The highest BCUT2D eigenvalue weighted by molar-refractivity contribution is 8.16. The number of benzene rings is 2. The molecule has 8 nitrogen and oxygen atoms in total. The number of carbonyl (C=O) groups excluding carboxylic acids is 2. The third kappa shape index (κ3) is 6.11. The Morgan fingerprint density at radius 3 is 2.30 bits per heavy atom. The molecule has 0 spiro atoms. The van der Waals surface area contributed by atoms with Gasteiger partial charge >= 0.3 is 6.61 Å². The number of aliphatic imine (C=N–C) groups is 1. The van der Waals surface area contributed by atoms with Crippen molar-refractivity contribution in [2.75, 3.05) is 38.5 Å². The molecule has 4 rings (SSSR count). The molecule has 2 aromatic carbocycles. The third-order valence-corrected chi connectivity index (χ3v) is 7.48. The van der Waals surface area contributed by atoms with Crippen molar-refractivity contribution in [1.29, 1.82) is 0 Å². The number of para-hydroxylation sites is 1. The van der Waals surface area contributed by atoms with Gasteiger partial charge in [0.05, 0.1) is 11.3 Å². The summed E-state index contributed by atoms with van der Waals surface area (Å²) in [6.07, 6.45) is 0. The minimum Gasteiger partial charge on any atom is -0.435 e. The molecule has 37 heavy (non-hydrogen) atoms. The average molecular weight is 530 g/mol. The van der Waals surface area contributed by atoms with Crippen molar-refractivity contribution in [3.8, 4) is 5.75 Å². The fraction of sp³-hybridized carbons (Fsp3) is 0.346. The number of nitrogens with zero attached hydrogens (tertiary/aromatic N) is 3. The van der Waals surface area contributed by atoms with E-state index in [-0.39, 0.29) is 22.9 Å². The minimum atomic E-state index is -2.94. The molecule has 1 saturated heterocycles. The van der Waals surface area contributed by atoms with Crippen molar-refractivity contribution in [3.63, 3.8) is 0 Å². The number of thioether (sulfide) groups is 1. The Morgan fingerprint density at radius 1 is 1.08 bits per heavy atom. The van der Waals surface area contributed by atoms with Crippen LogP contribution < -0.4 is 15.8 Å². The van der Waals surface area contributed by atoms with Gasteiger partial charge in [-0.05, 0) is 56.3 Å². The highest BCUT2D eigenvalue weighted by Crippen LogP contribution is 2.37. The molecule has 0 bridgehead atoms. The number of amides is 2. The molecule has 196 valence electrons. The lowest BCUT2D eigenvalue weighted by Gasteiger charge is -2.32. The SMILES string of the molecule is Cc1cccc(C)c1N=C1S[C@H](C(=O)Nc2ccc(OC(F)F)cc2)C(N)=C1C(=O)N1CCN(C)CC1. The van der Waals surface area contributed by atoms with Gasteiger partial charge in [-0.2, -0.15) is 8.78 Å². The second-order valence-electron chi connectivity index (χ2n) is 8.97. The van der Waals surface area contributed by atoms with Gasteiger partial charge in [-0.1, -0.05) is 30.0 Å². The zero-order valence-electron chi connectivity index (χ0n) is 20.8. The normalized spacial score (nSPS) is 19.6. The highest BCUT2D eigenvalue weighted by atomic mass is 32.2. The van der Waals surface area contributed by atoms with Gasteiger partial charge in [-0.25, -0.2) is 4.99 Å². The molecule has 0 unspecified atom stereocenters. The quantitative estimate of drug-likeness (QED) is 0.592. The van der Waals surface area contributed by atoms with Gasteiger partial charge in [-0.15, -0.1) is 0 Å². The Hall–Kier alpha value is -3.44. The summed E-state index contributed by atoms with van der Waals surface area (Å²) >= 11 is 1.13. The molecule has 0 aromatic heterocycles. The molecule has 1 atom stereocenters. The zero-order chi connectivity index (χ0) is 26.7. The number of aryl methyl sites for hydroxylation is 2. The number of halogens is 2. The fourth-order valence-electron chi connectivity index (χ4n) is 4.16. The van der Waals surface area contributed by atoms with Crippen molar-refractivity contribution in [2.24, 2.45) is 10.7 Å². The number of hydrogen-bond donors (Lipinski definition) is 2. The summed E-state index contributed by atoms with van der Waals surface area (Å²) in [6, 6.07) is 11.4. The van der Waals surface area contributed by atoms with E-state index >= 15 is 0 Å². The highest BCUT2D eigenvalue weighted by Gasteiger charge is 2.40. The Balaban J connectivity index is 1.63. The van der Waals surface area contributed by atoms with E-state index in [0.29, 0.717) is 23.8 Å². The Bertz CT molecular complexity index is 1220. The summed E-state index contributed by atoms with van der Waals surface area (Å²) in [7, 11) is 2.00. The largest absolute Gasteiger partial charge is 0.435 e. The molecule has 2 amide bonds. The van der Waals surface area contributed by atoms with Crippen LogP contribution in [-0.4, -0.2) is 71.7 Å². The number of hydrogen-bond acceptors (Lipinski definition) is 7. The Labute approximate surface area is 218 Å². The first-order chi connectivity index (χ1) is 17.6. The first-order valence-corrected chi connectivity index (χ1v) is 12.7. The maximum atomic E-state index is 13.6. The number of likely N-dealkylation sites (N-methyl/N-ethyl adjacent to an activating group) is 1. The molecule has 2 aliphatic rings. The summed E-state index contributed by atoms with van der Waals surface area (Å²) in [5.74, 6) is -0.710. The zero-order valence-corrected chi connectivity index (χ0v) is 21.6. The molecule has 2 aromatic rings. The first kappa shape index (κ1) is 26.6. The molecule has 2 aliphatic heterocycles. The summed E-state index contributed by atoms with van der Waals surface area (Å²) < 4.78 is 29.2. The predicted octanol–water partition coefficient (Wildman–Crippen LogP) is 3.68. The lowest BCUT2D eigenvalue weighted by molar-refractivity contribution is -0.128. The van der Waals surface area contributed by atoms with E-state index in [9.17, 15) is 18.4 Å². The van der Waals surface area contributed by atoms with Crippen LogP contribution in [0, 0.1) is 13.8 Å². The van der Waals surface area contributed by atoms with E-state index in [4.69, 9.17) is 10.7 Å². The van der Waals surface area contributed by atoms with E-state index in [0.717, 1.165) is 41.7 Å². The Morgan fingerprint density at radius 2 is 1.70 bits per heavy atom. The summed E-state index contributed by atoms with van der Waals surface area (Å²) in [6.45, 7) is 3.52. The van der Waals surface area contributed by atoms with Crippen LogP contribution in [0.3, 0.4) is 0 Å². The minimum absolute atomic E-state index is 0.0225. The predicted molar refractivity (Wildman–Crippen MR) is 141 cm³/mol. The van der Waals surface area contributed by atoms with Gasteiger partial charge in [0, 0.05) is 37.6 Å². The average Bonchev–Trinajstić information content (AvgIpc) is 3.18. The van der Waals surface area contributed by atoms with Crippen LogP contribution in [-0.2, 0) is 9.59 Å². The molecular weight excluding hydrogens is 500 g/mol. The lowest BCUT2D eigenvalue weighted by atomic mass is 10.1. The Kier molecular flexibility index (Phi) is 8.13. The van der Waals surface area contributed by atoms with E-state index in [2.05, 4.69) is 15.0 Å². The van der Waals surface area contributed by atoms with Gasteiger partial charge in [0.2, 0.25) is 5.91 Å². The van der Waals surface area contributed by atoms with E-state index in [1.807, 2.05) is 39.1 Å².